The molecule has 1 aliphatic rings. The second-order valence-corrected chi connectivity index (χ2v) is 4.16. The second kappa shape index (κ2) is 4.15. The third-order valence-electron chi connectivity index (χ3n) is 2.99. The van der Waals surface area contributed by atoms with E-state index in [1.54, 1.807) is 6.26 Å². The Balaban J connectivity index is 2.07. The summed E-state index contributed by atoms with van der Waals surface area (Å²) in [5.41, 5.74) is 5.79. The molecule has 1 aliphatic heterocycles. The van der Waals surface area contributed by atoms with Crippen LogP contribution in [0.5, 0.6) is 0 Å². The molecule has 0 aliphatic carbocycles. The first-order valence-corrected chi connectivity index (χ1v) is 5.28. The van der Waals surface area contributed by atoms with Gasteiger partial charge in [0, 0.05) is 13.1 Å². The Morgan fingerprint density at radius 3 is 3.07 bits per heavy atom. The molecule has 0 saturated carbocycles. The molecule has 0 aromatic carbocycles. The summed E-state index contributed by atoms with van der Waals surface area (Å²) >= 11 is 0. The standard InChI is InChI=1S/C11H18N2O/c1-9-4-5-13(8-9)10(7-12)11-3-2-6-14-11/h2-3,6,9-10H,4-5,7-8,12H2,1H3. The van der Waals surface area contributed by atoms with Crippen LogP contribution in [0.25, 0.3) is 0 Å². The Hall–Kier alpha value is -0.800. The molecule has 0 amide bonds. The van der Waals surface area contributed by atoms with Gasteiger partial charge in [0.05, 0.1) is 12.3 Å². The highest BCUT2D eigenvalue weighted by molar-refractivity contribution is 5.06. The normalized spacial score (nSPS) is 25.4. The molecule has 0 bridgehead atoms. The Morgan fingerprint density at radius 1 is 1.71 bits per heavy atom. The van der Waals surface area contributed by atoms with E-state index in [0.29, 0.717) is 6.54 Å². The molecule has 1 aromatic rings. The molecule has 2 N–H and O–H groups in total. The molecule has 1 saturated heterocycles. The van der Waals surface area contributed by atoms with Crippen molar-refractivity contribution in [3.8, 4) is 0 Å². The van der Waals surface area contributed by atoms with Crippen LogP contribution in [0.3, 0.4) is 0 Å². The summed E-state index contributed by atoms with van der Waals surface area (Å²) in [7, 11) is 0. The van der Waals surface area contributed by atoms with Gasteiger partial charge in [-0.2, -0.15) is 0 Å². The Labute approximate surface area is 84.9 Å². The molecule has 0 spiro atoms. The molecule has 2 unspecified atom stereocenters. The number of hydrogen-bond donors (Lipinski definition) is 1. The molecule has 3 nitrogen and oxygen atoms in total. The summed E-state index contributed by atoms with van der Waals surface area (Å²) < 4.78 is 5.41. The Bertz CT molecular complexity index is 271. The minimum absolute atomic E-state index is 0.273. The predicted octanol–water partition coefficient (Wildman–Crippen LogP) is 1.62. The lowest BCUT2D eigenvalue weighted by atomic mass is 10.1. The average molecular weight is 194 g/mol. The largest absolute Gasteiger partial charge is 0.468 e. The van der Waals surface area contributed by atoms with Crippen LogP contribution in [-0.2, 0) is 0 Å². The fourth-order valence-corrected chi connectivity index (χ4v) is 2.18. The Kier molecular flexibility index (Phi) is 2.89. The first kappa shape index (κ1) is 9.74. The van der Waals surface area contributed by atoms with E-state index < -0.39 is 0 Å². The van der Waals surface area contributed by atoms with Gasteiger partial charge in [0.25, 0.3) is 0 Å². The van der Waals surface area contributed by atoms with Gasteiger partial charge in [0.1, 0.15) is 5.76 Å². The minimum Gasteiger partial charge on any atom is -0.468 e. The number of likely N-dealkylation sites (tertiary alicyclic amines) is 1. The number of nitrogens with two attached hydrogens (primary N) is 1. The molecule has 2 atom stereocenters. The first-order valence-electron chi connectivity index (χ1n) is 5.28. The summed E-state index contributed by atoms with van der Waals surface area (Å²) in [5.74, 6) is 1.79. The van der Waals surface area contributed by atoms with Gasteiger partial charge in [-0.3, -0.25) is 4.90 Å². The van der Waals surface area contributed by atoms with Crippen molar-refractivity contribution in [1.82, 2.24) is 4.90 Å². The molecular formula is C11H18N2O. The van der Waals surface area contributed by atoms with E-state index in [0.717, 1.165) is 24.8 Å². The first-order chi connectivity index (χ1) is 6.81. The fourth-order valence-electron chi connectivity index (χ4n) is 2.18. The smallest absolute Gasteiger partial charge is 0.122 e. The van der Waals surface area contributed by atoms with E-state index in [4.69, 9.17) is 10.2 Å². The van der Waals surface area contributed by atoms with Crippen LogP contribution in [0.4, 0.5) is 0 Å². The number of rotatable bonds is 3. The van der Waals surface area contributed by atoms with Crippen molar-refractivity contribution in [3.63, 3.8) is 0 Å². The highest BCUT2D eigenvalue weighted by Gasteiger charge is 2.27. The van der Waals surface area contributed by atoms with Crippen molar-refractivity contribution in [3.05, 3.63) is 24.2 Å². The van der Waals surface area contributed by atoms with Crippen LogP contribution in [0.15, 0.2) is 22.8 Å². The van der Waals surface area contributed by atoms with Gasteiger partial charge >= 0.3 is 0 Å². The highest BCUT2D eigenvalue weighted by Crippen LogP contribution is 2.26. The van der Waals surface area contributed by atoms with Crippen molar-refractivity contribution in [1.29, 1.82) is 0 Å². The number of furan rings is 1. The third kappa shape index (κ3) is 1.83. The van der Waals surface area contributed by atoms with Crippen LogP contribution in [0, 0.1) is 5.92 Å². The van der Waals surface area contributed by atoms with Crippen molar-refractivity contribution in [2.24, 2.45) is 11.7 Å². The van der Waals surface area contributed by atoms with E-state index in [-0.39, 0.29) is 6.04 Å². The fraction of sp³-hybridized carbons (Fsp3) is 0.636. The van der Waals surface area contributed by atoms with Crippen molar-refractivity contribution < 1.29 is 4.42 Å². The zero-order chi connectivity index (χ0) is 9.97. The van der Waals surface area contributed by atoms with Gasteiger partial charge in [0.15, 0.2) is 0 Å². The van der Waals surface area contributed by atoms with Gasteiger partial charge < -0.3 is 10.2 Å². The van der Waals surface area contributed by atoms with Crippen molar-refractivity contribution in [2.75, 3.05) is 19.6 Å². The number of nitrogens with zero attached hydrogens (tertiary/aromatic N) is 1. The van der Waals surface area contributed by atoms with Gasteiger partial charge in [0.2, 0.25) is 0 Å². The summed E-state index contributed by atoms with van der Waals surface area (Å²) in [6.45, 7) is 5.21. The molecule has 1 aromatic heterocycles. The summed E-state index contributed by atoms with van der Waals surface area (Å²) in [6, 6.07) is 4.22. The van der Waals surface area contributed by atoms with Crippen LogP contribution >= 0.6 is 0 Å². The van der Waals surface area contributed by atoms with Crippen LogP contribution in [0.1, 0.15) is 25.1 Å². The Morgan fingerprint density at radius 2 is 2.57 bits per heavy atom. The molecule has 2 heterocycles. The lowest BCUT2D eigenvalue weighted by Gasteiger charge is -2.24. The van der Waals surface area contributed by atoms with Gasteiger partial charge in [-0.25, -0.2) is 0 Å². The third-order valence-corrected chi connectivity index (χ3v) is 2.99. The maximum absolute atomic E-state index is 5.79. The topological polar surface area (TPSA) is 42.4 Å². The molecule has 78 valence electrons. The lowest BCUT2D eigenvalue weighted by Crippen LogP contribution is -2.31. The lowest BCUT2D eigenvalue weighted by molar-refractivity contribution is 0.214. The monoisotopic (exact) mass is 194 g/mol. The molecular weight excluding hydrogens is 176 g/mol. The predicted molar refractivity (Wildman–Crippen MR) is 55.9 cm³/mol. The quantitative estimate of drug-likeness (QED) is 0.795. The van der Waals surface area contributed by atoms with E-state index in [1.807, 2.05) is 12.1 Å². The molecule has 3 heteroatoms. The maximum atomic E-state index is 5.79. The van der Waals surface area contributed by atoms with Crippen LogP contribution in [0.2, 0.25) is 0 Å². The average Bonchev–Trinajstić information content (AvgIpc) is 2.79. The number of hydrogen-bond acceptors (Lipinski definition) is 3. The van der Waals surface area contributed by atoms with Crippen LogP contribution < -0.4 is 5.73 Å². The van der Waals surface area contributed by atoms with Crippen molar-refractivity contribution in [2.45, 2.75) is 19.4 Å². The van der Waals surface area contributed by atoms with E-state index in [1.165, 1.54) is 6.42 Å². The van der Waals surface area contributed by atoms with E-state index in [9.17, 15) is 0 Å². The van der Waals surface area contributed by atoms with Gasteiger partial charge in [-0.05, 0) is 31.0 Å². The SMILES string of the molecule is CC1CCN(C(CN)c2ccco2)C1. The second-order valence-electron chi connectivity index (χ2n) is 4.16. The summed E-state index contributed by atoms with van der Waals surface area (Å²) in [4.78, 5) is 2.42. The van der Waals surface area contributed by atoms with Crippen LogP contribution in [-0.4, -0.2) is 24.5 Å². The van der Waals surface area contributed by atoms with Gasteiger partial charge in [-0.1, -0.05) is 6.92 Å². The van der Waals surface area contributed by atoms with Crippen molar-refractivity contribution >= 4 is 0 Å². The van der Waals surface area contributed by atoms with E-state index in [2.05, 4.69) is 11.8 Å². The molecule has 1 fully saturated rings. The summed E-state index contributed by atoms with van der Waals surface area (Å²) in [6.07, 6.45) is 2.99. The highest BCUT2D eigenvalue weighted by atomic mass is 16.3. The molecule has 0 radical (unpaired) electrons. The zero-order valence-electron chi connectivity index (χ0n) is 8.65. The molecule has 14 heavy (non-hydrogen) atoms. The zero-order valence-corrected chi connectivity index (χ0v) is 8.65. The summed E-state index contributed by atoms with van der Waals surface area (Å²) in [5, 5.41) is 0. The maximum Gasteiger partial charge on any atom is 0.122 e. The minimum atomic E-state index is 0.273. The molecule has 2 rings (SSSR count). The van der Waals surface area contributed by atoms with E-state index >= 15 is 0 Å². The van der Waals surface area contributed by atoms with Gasteiger partial charge in [-0.15, -0.1) is 0 Å².